The van der Waals surface area contributed by atoms with Crippen LogP contribution in [0, 0.1) is 0 Å². The van der Waals surface area contributed by atoms with Crippen LogP contribution in [0.1, 0.15) is 45.2 Å². The van der Waals surface area contributed by atoms with Crippen molar-refractivity contribution in [3.63, 3.8) is 0 Å². The van der Waals surface area contributed by atoms with Gasteiger partial charge in [0.15, 0.2) is 0 Å². The highest BCUT2D eigenvalue weighted by Gasteiger charge is 1.98. The molecule has 1 heteroatoms. The number of aryl methyl sites for hydroxylation is 2. The van der Waals surface area contributed by atoms with Gasteiger partial charge >= 0.3 is 0 Å². The number of hydrogen-bond acceptors (Lipinski definition) is 0. The van der Waals surface area contributed by atoms with Crippen LogP contribution in [-0.2, 0) is 13.0 Å². The maximum Gasteiger partial charge on any atom is 0.0222 e. The molecular weight excluding hydrogens is 158 g/mol. The van der Waals surface area contributed by atoms with Crippen molar-refractivity contribution in [2.75, 3.05) is 0 Å². The van der Waals surface area contributed by atoms with Crippen molar-refractivity contribution in [2.45, 2.75) is 52.5 Å². The van der Waals surface area contributed by atoms with E-state index in [1.165, 1.54) is 44.3 Å². The van der Waals surface area contributed by atoms with Crippen molar-refractivity contribution in [1.82, 2.24) is 4.57 Å². The van der Waals surface area contributed by atoms with Crippen LogP contribution >= 0.6 is 0 Å². The van der Waals surface area contributed by atoms with E-state index in [2.05, 4.69) is 36.7 Å². The average Bonchev–Trinajstić information content (AvgIpc) is 2.54. The van der Waals surface area contributed by atoms with Crippen LogP contribution < -0.4 is 0 Å². The molecule has 0 atom stereocenters. The molecule has 0 aliphatic rings. The van der Waals surface area contributed by atoms with Gasteiger partial charge in [0.2, 0.25) is 0 Å². The van der Waals surface area contributed by atoms with E-state index >= 15 is 0 Å². The fourth-order valence-corrected chi connectivity index (χ4v) is 1.68. The summed E-state index contributed by atoms with van der Waals surface area (Å²) in [5.74, 6) is 0. The standard InChI is InChI=1S/C12H21N/c1-3-5-6-10-13-11-7-9-12(13)8-4-2/h7,9,11H,3-6,8,10H2,1-2H3. The molecule has 0 spiro atoms. The minimum absolute atomic E-state index is 1.20. The molecule has 0 saturated carbocycles. The molecule has 0 N–H and O–H groups in total. The molecule has 1 rings (SSSR count). The van der Waals surface area contributed by atoms with E-state index in [0.717, 1.165) is 0 Å². The summed E-state index contributed by atoms with van der Waals surface area (Å²) < 4.78 is 2.40. The Bertz CT molecular complexity index is 225. The lowest BCUT2D eigenvalue weighted by Gasteiger charge is -2.07. The average molecular weight is 179 g/mol. The Morgan fingerprint density at radius 1 is 1.15 bits per heavy atom. The maximum atomic E-state index is 2.40. The summed E-state index contributed by atoms with van der Waals surface area (Å²) in [5, 5.41) is 0. The van der Waals surface area contributed by atoms with Gasteiger partial charge in [-0.1, -0.05) is 33.1 Å². The van der Waals surface area contributed by atoms with Gasteiger partial charge in [0.05, 0.1) is 0 Å². The first-order valence-electron chi connectivity index (χ1n) is 5.52. The summed E-state index contributed by atoms with van der Waals surface area (Å²) in [6.07, 6.45) is 8.66. The number of hydrogen-bond donors (Lipinski definition) is 0. The zero-order valence-corrected chi connectivity index (χ0v) is 8.92. The zero-order chi connectivity index (χ0) is 9.52. The van der Waals surface area contributed by atoms with Crippen LogP contribution in [0.25, 0.3) is 0 Å². The summed E-state index contributed by atoms with van der Waals surface area (Å²) in [6.45, 7) is 5.70. The molecular formula is C12H21N. The van der Waals surface area contributed by atoms with Gasteiger partial charge in [0.1, 0.15) is 0 Å². The van der Waals surface area contributed by atoms with Crippen LogP contribution in [0.15, 0.2) is 18.3 Å². The second kappa shape index (κ2) is 5.85. The van der Waals surface area contributed by atoms with Crippen molar-refractivity contribution in [3.8, 4) is 0 Å². The lowest BCUT2D eigenvalue weighted by molar-refractivity contribution is 0.583. The Hall–Kier alpha value is -0.720. The molecule has 0 saturated heterocycles. The highest BCUT2D eigenvalue weighted by atomic mass is 15.0. The highest BCUT2D eigenvalue weighted by Crippen LogP contribution is 2.07. The monoisotopic (exact) mass is 179 g/mol. The predicted octanol–water partition coefficient (Wildman–Crippen LogP) is 3.63. The van der Waals surface area contributed by atoms with Gasteiger partial charge in [-0.25, -0.2) is 0 Å². The molecule has 0 radical (unpaired) electrons. The summed E-state index contributed by atoms with van der Waals surface area (Å²) >= 11 is 0. The van der Waals surface area contributed by atoms with Crippen molar-refractivity contribution in [3.05, 3.63) is 24.0 Å². The second-order valence-corrected chi connectivity index (χ2v) is 3.65. The van der Waals surface area contributed by atoms with Crippen molar-refractivity contribution < 1.29 is 0 Å². The van der Waals surface area contributed by atoms with Gasteiger partial charge in [0.25, 0.3) is 0 Å². The largest absolute Gasteiger partial charge is 0.351 e. The van der Waals surface area contributed by atoms with Crippen molar-refractivity contribution >= 4 is 0 Å². The predicted molar refractivity (Wildman–Crippen MR) is 58.0 cm³/mol. The maximum absolute atomic E-state index is 2.40. The highest BCUT2D eigenvalue weighted by molar-refractivity contribution is 5.07. The Kier molecular flexibility index (Phi) is 4.66. The van der Waals surface area contributed by atoms with Crippen LogP contribution in [-0.4, -0.2) is 4.57 Å². The molecule has 13 heavy (non-hydrogen) atoms. The first-order chi connectivity index (χ1) is 6.38. The van der Waals surface area contributed by atoms with E-state index in [0.29, 0.717) is 0 Å². The smallest absolute Gasteiger partial charge is 0.0222 e. The third kappa shape index (κ3) is 3.25. The number of nitrogens with zero attached hydrogens (tertiary/aromatic N) is 1. The summed E-state index contributed by atoms with van der Waals surface area (Å²) in [4.78, 5) is 0. The molecule has 0 unspecified atom stereocenters. The molecule has 0 aliphatic heterocycles. The molecule has 74 valence electrons. The Labute approximate surface area is 81.8 Å². The van der Waals surface area contributed by atoms with Gasteiger partial charge < -0.3 is 4.57 Å². The van der Waals surface area contributed by atoms with Gasteiger partial charge in [-0.2, -0.15) is 0 Å². The van der Waals surface area contributed by atoms with Crippen LogP contribution in [0.5, 0.6) is 0 Å². The number of unbranched alkanes of at least 4 members (excludes halogenated alkanes) is 2. The number of aromatic nitrogens is 1. The van der Waals surface area contributed by atoms with Crippen LogP contribution in [0.2, 0.25) is 0 Å². The zero-order valence-electron chi connectivity index (χ0n) is 8.92. The molecule has 1 nitrogen and oxygen atoms in total. The molecule has 1 heterocycles. The number of rotatable bonds is 6. The molecule has 1 aromatic rings. The van der Waals surface area contributed by atoms with Gasteiger partial charge in [-0.05, 0) is 25.0 Å². The summed E-state index contributed by atoms with van der Waals surface area (Å²) in [6, 6.07) is 4.41. The molecule has 0 fully saturated rings. The van der Waals surface area contributed by atoms with Crippen LogP contribution in [0.4, 0.5) is 0 Å². The van der Waals surface area contributed by atoms with E-state index in [1.807, 2.05) is 0 Å². The second-order valence-electron chi connectivity index (χ2n) is 3.65. The van der Waals surface area contributed by atoms with Crippen LogP contribution in [0.3, 0.4) is 0 Å². The van der Waals surface area contributed by atoms with Crippen molar-refractivity contribution in [1.29, 1.82) is 0 Å². The quantitative estimate of drug-likeness (QED) is 0.588. The normalized spacial score (nSPS) is 10.6. The van der Waals surface area contributed by atoms with E-state index in [4.69, 9.17) is 0 Å². The summed E-state index contributed by atoms with van der Waals surface area (Å²) in [7, 11) is 0. The third-order valence-corrected chi connectivity index (χ3v) is 2.43. The van der Waals surface area contributed by atoms with Gasteiger partial charge in [-0.3, -0.25) is 0 Å². The Morgan fingerprint density at radius 2 is 2.00 bits per heavy atom. The SMILES string of the molecule is CCCCCn1cccc1CCC. The lowest BCUT2D eigenvalue weighted by atomic mass is 10.2. The fraction of sp³-hybridized carbons (Fsp3) is 0.667. The molecule has 1 aromatic heterocycles. The van der Waals surface area contributed by atoms with Gasteiger partial charge in [-0.15, -0.1) is 0 Å². The topological polar surface area (TPSA) is 4.93 Å². The van der Waals surface area contributed by atoms with E-state index in [1.54, 1.807) is 0 Å². The lowest BCUT2D eigenvalue weighted by Crippen LogP contribution is -2.01. The molecule has 0 bridgehead atoms. The van der Waals surface area contributed by atoms with E-state index < -0.39 is 0 Å². The van der Waals surface area contributed by atoms with E-state index in [9.17, 15) is 0 Å². The first kappa shape index (κ1) is 10.4. The minimum atomic E-state index is 1.20. The Balaban J connectivity index is 2.40. The van der Waals surface area contributed by atoms with E-state index in [-0.39, 0.29) is 0 Å². The summed E-state index contributed by atoms with van der Waals surface area (Å²) in [5.41, 5.74) is 1.50. The molecule has 0 aromatic carbocycles. The minimum Gasteiger partial charge on any atom is -0.351 e. The third-order valence-electron chi connectivity index (χ3n) is 2.43. The van der Waals surface area contributed by atoms with Gasteiger partial charge in [0, 0.05) is 18.4 Å². The molecule has 0 aliphatic carbocycles. The van der Waals surface area contributed by atoms with Crippen molar-refractivity contribution in [2.24, 2.45) is 0 Å². The first-order valence-corrected chi connectivity index (χ1v) is 5.52. The molecule has 0 amide bonds. The fourth-order valence-electron chi connectivity index (χ4n) is 1.68. The Morgan fingerprint density at radius 3 is 2.69 bits per heavy atom.